The summed E-state index contributed by atoms with van der Waals surface area (Å²) in [5.41, 5.74) is -5.57. The Labute approximate surface area is 228 Å². The van der Waals surface area contributed by atoms with Crippen LogP contribution in [0.25, 0.3) is 17.1 Å². The smallest absolute Gasteiger partial charge is 0.497 e. The molecule has 2 heterocycles. The van der Waals surface area contributed by atoms with Crippen LogP contribution in [0.1, 0.15) is 20.0 Å². The Hall–Kier alpha value is -4.89. The zero-order valence-electron chi connectivity index (χ0n) is 23.2. The minimum atomic E-state index is -5.04. The molecule has 0 fully saturated rings. The number of pyridine rings is 1. The van der Waals surface area contributed by atoms with Crippen molar-refractivity contribution in [3.8, 4) is 28.6 Å². The van der Waals surface area contributed by atoms with Crippen molar-refractivity contribution in [3.63, 3.8) is 0 Å². The monoisotopic (exact) mass is 591 g/mol. The zero-order valence-corrected chi connectivity index (χ0v) is 20.2. The highest BCUT2D eigenvalue weighted by Crippen LogP contribution is 2.35. The van der Waals surface area contributed by atoms with Crippen LogP contribution in [0, 0.1) is 11.6 Å². The Morgan fingerprint density at radius 1 is 0.976 bits per heavy atom. The van der Waals surface area contributed by atoms with Crippen LogP contribution in [0.5, 0.6) is 11.5 Å². The van der Waals surface area contributed by atoms with E-state index in [0.29, 0.717) is 39.8 Å². The van der Waals surface area contributed by atoms with Crippen LogP contribution in [0.15, 0.2) is 59.5 Å². The average molecular weight is 591 g/mol. The first-order chi connectivity index (χ1) is 20.2. The Bertz CT molecular complexity index is 1760. The lowest BCUT2D eigenvalue weighted by Gasteiger charge is -2.13. The van der Waals surface area contributed by atoms with Gasteiger partial charge in [0.1, 0.15) is 34.5 Å². The Kier molecular flexibility index (Phi) is 6.48. The van der Waals surface area contributed by atoms with Crippen molar-refractivity contribution in [2.45, 2.75) is 12.5 Å². The fourth-order valence-electron chi connectivity index (χ4n) is 3.80. The maximum Gasteiger partial charge on any atom is 0.573 e. The molecule has 0 saturated carbocycles. The quantitative estimate of drug-likeness (QED) is 0.291. The predicted molar refractivity (Wildman–Crippen MR) is 127 cm³/mol. The number of nitrogens with zero attached hydrogens (tertiary/aromatic N) is 3. The summed E-state index contributed by atoms with van der Waals surface area (Å²) in [6.45, 7) is 0. The van der Waals surface area contributed by atoms with Crippen molar-refractivity contribution in [3.05, 3.63) is 87.8 Å². The molecule has 0 atom stereocenters. The third kappa shape index (κ3) is 6.00. The number of alkyl halides is 6. The van der Waals surface area contributed by atoms with Gasteiger partial charge in [0.15, 0.2) is 5.82 Å². The molecule has 41 heavy (non-hydrogen) atoms. The van der Waals surface area contributed by atoms with Crippen LogP contribution in [0.2, 0.25) is 0 Å². The van der Waals surface area contributed by atoms with Crippen LogP contribution in [-0.2, 0) is 13.2 Å². The van der Waals surface area contributed by atoms with E-state index in [1.54, 1.807) is 0 Å². The van der Waals surface area contributed by atoms with Crippen LogP contribution < -0.4 is 20.3 Å². The Morgan fingerprint density at radius 3 is 2.17 bits per heavy atom. The molecular formula is C25H16F8N4O4. The SMILES string of the molecule is [2H]C([2H])([2H])Oc1cc(F)c(-c2c(NC(=O)c3ccc(OC(F)(F)F)cc3)c(=O)n(-c3cc(C(F)(F)F)ccn3)n2C)c(F)c1. The number of amides is 1. The third-order valence-corrected chi connectivity index (χ3v) is 5.52. The summed E-state index contributed by atoms with van der Waals surface area (Å²) < 4.78 is 139. The van der Waals surface area contributed by atoms with Gasteiger partial charge in [-0.05, 0) is 36.4 Å². The minimum absolute atomic E-state index is 0.361. The first-order valence-corrected chi connectivity index (χ1v) is 11.0. The van der Waals surface area contributed by atoms with Gasteiger partial charge in [-0.3, -0.25) is 14.3 Å². The molecule has 0 aliphatic rings. The number of halogens is 8. The molecule has 0 aliphatic heterocycles. The molecule has 0 spiro atoms. The lowest BCUT2D eigenvalue weighted by molar-refractivity contribution is -0.274. The molecule has 216 valence electrons. The summed E-state index contributed by atoms with van der Waals surface area (Å²) in [7, 11) is -2.10. The van der Waals surface area contributed by atoms with Gasteiger partial charge in [0.25, 0.3) is 11.5 Å². The molecule has 0 aliphatic carbocycles. The Morgan fingerprint density at radius 2 is 1.61 bits per heavy atom. The molecule has 0 radical (unpaired) electrons. The summed E-state index contributed by atoms with van der Waals surface area (Å²) in [6.07, 6.45) is -9.21. The molecule has 0 unspecified atom stereocenters. The van der Waals surface area contributed by atoms with E-state index in [-0.39, 0.29) is 5.56 Å². The van der Waals surface area contributed by atoms with Crippen molar-refractivity contribution in [1.82, 2.24) is 14.3 Å². The van der Waals surface area contributed by atoms with Crippen LogP contribution in [-0.4, -0.2) is 33.7 Å². The number of hydrogen-bond donors (Lipinski definition) is 1. The van der Waals surface area contributed by atoms with Crippen molar-refractivity contribution < 1.29 is 53.5 Å². The second-order valence-corrected chi connectivity index (χ2v) is 8.15. The highest BCUT2D eigenvalue weighted by Gasteiger charge is 2.33. The predicted octanol–water partition coefficient (Wildman–Crippen LogP) is 5.69. The van der Waals surface area contributed by atoms with E-state index < -0.39 is 82.5 Å². The fourth-order valence-corrected chi connectivity index (χ4v) is 3.80. The molecule has 4 aromatic rings. The van der Waals surface area contributed by atoms with E-state index in [2.05, 4.69) is 19.8 Å². The Balaban J connectivity index is 1.89. The van der Waals surface area contributed by atoms with Crippen molar-refractivity contribution in [1.29, 1.82) is 0 Å². The van der Waals surface area contributed by atoms with Crippen molar-refractivity contribution in [2.75, 3.05) is 12.4 Å². The minimum Gasteiger partial charge on any atom is -0.497 e. The molecule has 0 bridgehead atoms. The summed E-state index contributed by atoms with van der Waals surface area (Å²) in [6, 6.07) is 5.24. The number of ether oxygens (including phenoxy) is 2. The van der Waals surface area contributed by atoms with Gasteiger partial charge in [0.05, 0.1) is 22.3 Å². The standard InChI is InChI=1S/C25H16F8N4O4/c1-36-21(19-16(26)10-15(40-2)11-17(19)27)20(23(39)37(36)18-9-13(7-8-34-18)24(28,29)30)35-22(38)12-3-5-14(6-4-12)41-25(31,32)33/h3-11H,1-2H3,(H,35,38)/i2D3. The highest BCUT2D eigenvalue weighted by molar-refractivity contribution is 6.06. The average Bonchev–Trinajstić information content (AvgIpc) is 3.10. The maximum atomic E-state index is 15.3. The van der Waals surface area contributed by atoms with Gasteiger partial charge in [-0.15, -0.1) is 13.2 Å². The maximum absolute atomic E-state index is 15.3. The molecule has 2 aromatic heterocycles. The van der Waals surface area contributed by atoms with Crippen molar-refractivity contribution in [2.24, 2.45) is 7.05 Å². The summed E-state index contributed by atoms with van der Waals surface area (Å²) >= 11 is 0. The first-order valence-electron chi connectivity index (χ1n) is 12.5. The molecule has 4 rings (SSSR count). The van der Waals surface area contributed by atoms with Crippen molar-refractivity contribution >= 4 is 11.6 Å². The summed E-state index contributed by atoms with van der Waals surface area (Å²) in [5, 5.41) is 2.08. The van der Waals surface area contributed by atoms with E-state index in [0.717, 1.165) is 31.3 Å². The van der Waals surface area contributed by atoms with Crippen LogP contribution in [0.4, 0.5) is 40.8 Å². The first kappa shape index (κ1) is 25.1. The molecule has 8 nitrogen and oxygen atoms in total. The largest absolute Gasteiger partial charge is 0.573 e. The topological polar surface area (TPSA) is 87.4 Å². The number of nitrogens with one attached hydrogen (secondary N) is 1. The lowest BCUT2D eigenvalue weighted by Crippen LogP contribution is -2.24. The van der Waals surface area contributed by atoms with E-state index in [4.69, 9.17) is 4.11 Å². The third-order valence-electron chi connectivity index (χ3n) is 5.52. The van der Waals surface area contributed by atoms with Gasteiger partial charge in [0.2, 0.25) is 0 Å². The fraction of sp³-hybridized carbons (Fsp3) is 0.160. The second kappa shape index (κ2) is 10.6. The zero-order chi connectivity index (χ0) is 32.8. The number of methoxy groups -OCH3 is 1. The van der Waals surface area contributed by atoms with Gasteiger partial charge in [-0.1, -0.05) is 0 Å². The number of hydrogen-bond acceptors (Lipinski definition) is 5. The highest BCUT2D eigenvalue weighted by atomic mass is 19.4. The number of carbonyl (C=O) groups excluding carboxylic acids is 1. The van der Waals surface area contributed by atoms with Gasteiger partial charge < -0.3 is 14.8 Å². The van der Waals surface area contributed by atoms with Crippen LogP contribution in [0.3, 0.4) is 0 Å². The van der Waals surface area contributed by atoms with E-state index in [1.165, 1.54) is 0 Å². The molecule has 2 aromatic carbocycles. The molecule has 16 heteroatoms. The van der Waals surface area contributed by atoms with Gasteiger partial charge in [-0.25, -0.2) is 13.8 Å². The van der Waals surface area contributed by atoms with Gasteiger partial charge in [-0.2, -0.15) is 17.9 Å². The van der Waals surface area contributed by atoms with Gasteiger partial charge >= 0.3 is 12.5 Å². The summed E-state index contributed by atoms with van der Waals surface area (Å²) in [5.74, 6) is -6.34. The van der Waals surface area contributed by atoms with E-state index in [9.17, 15) is 35.9 Å². The molecule has 0 saturated heterocycles. The van der Waals surface area contributed by atoms with Crippen LogP contribution >= 0.6 is 0 Å². The molecule has 1 amide bonds. The van der Waals surface area contributed by atoms with E-state index >= 15 is 8.78 Å². The van der Waals surface area contributed by atoms with Gasteiger partial charge in [0, 0.05) is 30.9 Å². The second-order valence-electron chi connectivity index (χ2n) is 8.15. The molecule has 1 N–H and O–H groups in total. The number of aromatic nitrogens is 3. The normalized spacial score (nSPS) is 13.2. The lowest BCUT2D eigenvalue weighted by atomic mass is 10.1. The molecular weight excluding hydrogens is 572 g/mol. The number of anilines is 1. The number of rotatable bonds is 6. The number of carbonyl (C=O) groups is 1. The number of benzene rings is 2. The van der Waals surface area contributed by atoms with E-state index in [1.807, 2.05) is 0 Å². The summed E-state index contributed by atoms with van der Waals surface area (Å²) in [4.78, 5) is 30.2.